The smallest absolute Gasteiger partial charge is 0.269 e. The largest absolute Gasteiger partial charge is 0.497 e. The van der Waals surface area contributed by atoms with Gasteiger partial charge in [-0.05, 0) is 85.4 Å². The van der Waals surface area contributed by atoms with E-state index in [9.17, 15) is 8.42 Å². The number of methoxy groups -OCH3 is 1. The molecule has 0 saturated heterocycles. The summed E-state index contributed by atoms with van der Waals surface area (Å²) in [7, 11) is -2.17. The van der Waals surface area contributed by atoms with Crippen LogP contribution in [-0.2, 0) is 10.0 Å². The first-order chi connectivity index (χ1) is 17.6. The molecular formula is C29H25N3O3S. The van der Waals surface area contributed by atoms with Crippen molar-refractivity contribution in [2.75, 3.05) is 7.11 Å². The Hall–Kier alpha value is -3.97. The molecule has 0 atom stereocenters. The van der Waals surface area contributed by atoms with E-state index >= 15 is 0 Å². The predicted molar refractivity (Wildman–Crippen MR) is 142 cm³/mol. The van der Waals surface area contributed by atoms with E-state index in [1.807, 2.05) is 30.3 Å². The van der Waals surface area contributed by atoms with Gasteiger partial charge in [-0.1, -0.05) is 24.3 Å². The van der Waals surface area contributed by atoms with Crippen molar-refractivity contribution in [2.45, 2.75) is 30.6 Å². The lowest BCUT2D eigenvalue weighted by molar-refractivity contribution is 0.415. The summed E-state index contributed by atoms with van der Waals surface area (Å²) in [6, 6.07) is 20.1. The van der Waals surface area contributed by atoms with Crippen LogP contribution in [0, 0.1) is 0 Å². The molecule has 0 radical (unpaired) electrons. The molecule has 0 unspecified atom stereocenters. The topological polar surface area (TPSA) is 74.1 Å². The zero-order valence-electron chi connectivity index (χ0n) is 19.9. The van der Waals surface area contributed by atoms with Gasteiger partial charge in [0.25, 0.3) is 10.0 Å². The van der Waals surface area contributed by atoms with Crippen molar-refractivity contribution in [3.05, 3.63) is 90.8 Å². The van der Waals surface area contributed by atoms with Crippen LogP contribution in [0.15, 0.2) is 90.1 Å². The van der Waals surface area contributed by atoms with Crippen molar-refractivity contribution in [2.24, 2.45) is 0 Å². The summed E-state index contributed by atoms with van der Waals surface area (Å²) in [5, 5.41) is 1.77. The lowest BCUT2D eigenvalue weighted by atomic mass is 9.90. The van der Waals surface area contributed by atoms with Crippen molar-refractivity contribution >= 4 is 37.5 Å². The number of hydrogen-bond acceptors (Lipinski definition) is 5. The van der Waals surface area contributed by atoms with Crippen molar-refractivity contribution in [3.8, 4) is 17.0 Å². The first-order valence-electron chi connectivity index (χ1n) is 12.0. The van der Waals surface area contributed by atoms with Gasteiger partial charge in [0.2, 0.25) is 0 Å². The van der Waals surface area contributed by atoms with Gasteiger partial charge in [0.1, 0.15) is 5.75 Å². The number of hydrogen-bond donors (Lipinski definition) is 0. The van der Waals surface area contributed by atoms with Crippen LogP contribution >= 0.6 is 0 Å². The van der Waals surface area contributed by atoms with Crippen molar-refractivity contribution < 1.29 is 13.2 Å². The maximum Gasteiger partial charge on any atom is 0.269 e. The highest BCUT2D eigenvalue weighted by molar-refractivity contribution is 7.90. The first kappa shape index (κ1) is 22.5. The zero-order valence-corrected chi connectivity index (χ0v) is 20.7. The average Bonchev–Trinajstić information content (AvgIpc) is 3.34. The third-order valence-electron chi connectivity index (χ3n) is 6.76. The molecule has 6 rings (SSSR count). The predicted octanol–water partition coefficient (Wildman–Crippen LogP) is 6.45. The highest BCUT2D eigenvalue weighted by atomic mass is 32.2. The van der Waals surface area contributed by atoms with Crippen LogP contribution in [-0.4, -0.2) is 29.5 Å². The minimum absolute atomic E-state index is 0.214. The lowest BCUT2D eigenvalue weighted by Crippen LogP contribution is -2.12. The Balaban J connectivity index is 1.61. The molecule has 0 amide bonds. The number of aromatic nitrogens is 3. The normalized spacial score (nSPS) is 14.2. The number of rotatable bonds is 5. The van der Waals surface area contributed by atoms with Crippen LogP contribution in [0.5, 0.6) is 5.75 Å². The quantitative estimate of drug-likeness (QED) is 0.280. The van der Waals surface area contributed by atoms with E-state index in [0.717, 1.165) is 52.4 Å². The Labute approximate surface area is 210 Å². The van der Waals surface area contributed by atoms with Crippen molar-refractivity contribution in [1.29, 1.82) is 0 Å². The van der Waals surface area contributed by atoms with E-state index in [1.54, 1.807) is 49.8 Å². The number of benzene rings is 2. The molecule has 1 aliphatic rings. The van der Waals surface area contributed by atoms with Crippen LogP contribution in [0.25, 0.3) is 38.8 Å². The average molecular weight is 496 g/mol. The number of allylic oxidation sites excluding steroid dienone is 2. The van der Waals surface area contributed by atoms with E-state index in [-0.39, 0.29) is 4.90 Å². The van der Waals surface area contributed by atoms with E-state index in [2.05, 4.69) is 17.1 Å². The minimum atomic E-state index is -3.84. The fourth-order valence-corrected chi connectivity index (χ4v) is 6.29. The maximum atomic E-state index is 13.6. The molecule has 3 aromatic heterocycles. The molecule has 180 valence electrons. The Kier molecular flexibility index (Phi) is 5.57. The molecule has 0 N–H and O–H groups in total. The fraction of sp³-hybridized carbons (Fsp3) is 0.172. The van der Waals surface area contributed by atoms with Crippen LogP contribution in [0.4, 0.5) is 0 Å². The molecule has 0 bridgehead atoms. The highest BCUT2D eigenvalue weighted by Gasteiger charge is 2.24. The molecule has 5 aromatic rings. The van der Waals surface area contributed by atoms with Gasteiger partial charge < -0.3 is 4.74 Å². The maximum absolute atomic E-state index is 13.6. The van der Waals surface area contributed by atoms with Gasteiger partial charge in [-0.15, -0.1) is 0 Å². The van der Waals surface area contributed by atoms with Crippen LogP contribution in [0.3, 0.4) is 0 Å². The number of fused-ring (bicyclic) bond motifs is 2. The Morgan fingerprint density at radius 3 is 2.56 bits per heavy atom. The Bertz CT molecular complexity index is 1740. The standard InChI is InChI=1S/C29H25N3O3S/c1-35-21-14-15-27-25(17-21)24(20-9-4-2-5-10-20)18-28(31-27)26-19-32(29-23(26)13-8-16-30-29)36(33,34)22-11-6-3-7-12-22/h3,6-9,11-19H,2,4-5,10H2,1H3. The Morgan fingerprint density at radius 1 is 0.917 bits per heavy atom. The van der Waals surface area contributed by atoms with Gasteiger partial charge in [0, 0.05) is 28.7 Å². The molecule has 2 aromatic carbocycles. The number of pyridine rings is 2. The van der Waals surface area contributed by atoms with Gasteiger partial charge in [0.15, 0.2) is 5.65 Å². The molecule has 0 spiro atoms. The summed E-state index contributed by atoms with van der Waals surface area (Å²) in [6.07, 6.45) is 9.97. The summed E-state index contributed by atoms with van der Waals surface area (Å²) in [5.41, 5.74) is 5.07. The number of nitrogens with zero attached hydrogens (tertiary/aromatic N) is 3. The van der Waals surface area contributed by atoms with E-state index < -0.39 is 10.0 Å². The molecule has 36 heavy (non-hydrogen) atoms. The van der Waals surface area contributed by atoms with Gasteiger partial charge in [-0.2, -0.15) is 0 Å². The SMILES string of the molecule is COc1ccc2nc(-c3cn(S(=O)(=O)c4ccccc4)c4ncccc34)cc(C3=CCCCC3)c2c1. The van der Waals surface area contributed by atoms with Gasteiger partial charge in [-0.25, -0.2) is 22.4 Å². The summed E-state index contributed by atoms with van der Waals surface area (Å²) in [6.45, 7) is 0. The molecule has 0 saturated carbocycles. The molecule has 7 heteroatoms. The summed E-state index contributed by atoms with van der Waals surface area (Å²) < 4.78 is 33.9. The van der Waals surface area contributed by atoms with Gasteiger partial charge >= 0.3 is 0 Å². The van der Waals surface area contributed by atoms with E-state index in [0.29, 0.717) is 11.3 Å². The van der Waals surface area contributed by atoms with Crippen LogP contribution < -0.4 is 4.74 Å². The van der Waals surface area contributed by atoms with Crippen LogP contribution in [0.2, 0.25) is 0 Å². The highest BCUT2D eigenvalue weighted by Crippen LogP contribution is 2.38. The second kappa shape index (κ2) is 8.91. The zero-order chi connectivity index (χ0) is 24.7. The Morgan fingerprint density at radius 2 is 1.78 bits per heavy atom. The van der Waals surface area contributed by atoms with Gasteiger partial charge in [0.05, 0.1) is 23.2 Å². The summed E-state index contributed by atoms with van der Waals surface area (Å²) in [5.74, 6) is 0.782. The molecule has 0 aliphatic heterocycles. The lowest BCUT2D eigenvalue weighted by Gasteiger charge is -2.17. The second-order valence-corrected chi connectivity index (χ2v) is 10.8. The molecule has 1 aliphatic carbocycles. The third kappa shape index (κ3) is 3.76. The van der Waals surface area contributed by atoms with Gasteiger partial charge in [-0.3, -0.25) is 0 Å². The summed E-state index contributed by atoms with van der Waals surface area (Å²) in [4.78, 5) is 9.63. The van der Waals surface area contributed by atoms with Crippen LogP contribution in [0.1, 0.15) is 31.2 Å². The fourth-order valence-electron chi connectivity index (χ4n) is 4.94. The van der Waals surface area contributed by atoms with Crippen molar-refractivity contribution in [1.82, 2.24) is 13.9 Å². The third-order valence-corrected chi connectivity index (χ3v) is 8.42. The summed E-state index contributed by atoms with van der Waals surface area (Å²) >= 11 is 0. The molecule has 6 nitrogen and oxygen atoms in total. The molecular weight excluding hydrogens is 470 g/mol. The van der Waals surface area contributed by atoms with E-state index in [4.69, 9.17) is 9.72 Å². The molecule has 0 fully saturated rings. The number of ether oxygens (including phenoxy) is 1. The first-order valence-corrected chi connectivity index (χ1v) is 13.5. The monoisotopic (exact) mass is 495 g/mol. The van der Waals surface area contributed by atoms with E-state index in [1.165, 1.54) is 16.0 Å². The minimum Gasteiger partial charge on any atom is -0.497 e. The molecule has 3 heterocycles. The second-order valence-electron chi connectivity index (χ2n) is 8.94. The van der Waals surface area contributed by atoms with Crippen molar-refractivity contribution in [3.63, 3.8) is 0 Å².